The first-order valence-electron chi connectivity index (χ1n) is 6.22. The Labute approximate surface area is 82.1 Å². The molecule has 0 aromatic rings. The van der Waals surface area contributed by atoms with Gasteiger partial charge in [0.05, 0.1) is 0 Å². The van der Waals surface area contributed by atoms with Crippen molar-refractivity contribution < 1.29 is 0 Å². The van der Waals surface area contributed by atoms with Crippen molar-refractivity contribution in [3.05, 3.63) is 0 Å². The van der Waals surface area contributed by atoms with Crippen LogP contribution >= 0.6 is 0 Å². The van der Waals surface area contributed by atoms with Crippen molar-refractivity contribution in [3.63, 3.8) is 0 Å². The highest BCUT2D eigenvalue weighted by atomic mass is 14.6. The predicted octanol–water partition coefficient (Wildman–Crippen LogP) is 3.86. The average molecular weight is 178 g/mol. The van der Waals surface area contributed by atoms with E-state index in [2.05, 4.69) is 13.8 Å². The molecule has 4 rings (SSSR count). The molecule has 0 aliphatic heterocycles. The molecule has 0 heterocycles. The van der Waals surface area contributed by atoms with Crippen LogP contribution < -0.4 is 0 Å². The van der Waals surface area contributed by atoms with Gasteiger partial charge in [-0.05, 0) is 54.8 Å². The van der Waals surface area contributed by atoms with Crippen LogP contribution in [0.5, 0.6) is 0 Å². The van der Waals surface area contributed by atoms with E-state index in [4.69, 9.17) is 0 Å². The summed E-state index contributed by atoms with van der Waals surface area (Å²) in [5.41, 5.74) is 0.848. The van der Waals surface area contributed by atoms with Crippen molar-refractivity contribution in [2.45, 2.75) is 52.4 Å². The van der Waals surface area contributed by atoms with Crippen LogP contribution in [-0.4, -0.2) is 0 Å². The Morgan fingerprint density at radius 2 is 1.69 bits per heavy atom. The summed E-state index contributed by atoms with van der Waals surface area (Å²) in [6, 6.07) is 0. The predicted molar refractivity (Wildman–Crippen MR) is 55.4 cm³/mol. The monoisotopic (exact) mass is 178 g/mol. The first-order valence-corrected chi connectivity index (χ1v) is 6.22. The molecule has 0 N–H and O–H groups in total. The molecule has 0 saturated heterocycles. The Bertz CT molecular complexity index is 212. The fraction of sp³-hybridized carbons (Fsp3) is 1.00. The van der Waals surface area contributed by atoms with E-state index in [0.717, 1.165) is 29.1 Å². The van der Waals surface area contributed by atoms with Gasteiger partial charge in [-0.2, -0.15) is 0 Å². The first kappa shape index (κ1) is 8.32. The molecule has 0 heteroatoms. The SMILES string of the molecule is CC1CCC1C12CC(CCC1C)C2. The molecule has 4 fully saturated rings. The third-order valence-corrected chi connectivity index (χ3v) is 5.69. The third kappa shape index (κ3) is 0.926. The van der Waals surface area contributed by atoms with E-state index < -0.39 is 0 Å². The molecule has 4 aliphatic carbocycles. The smallest absolute Gasteiger partial charge is 0.0236 e. The van der Waals surface area contributed by atoms with Crippen LogP contribution in [0.3, 0.4) is 0 Å². The molecule has 0 radical (unpaired) electrons. The zero-order valence-corrected chi connectivity index (χ0v) is 9.05. The normalized spacial score (nSPS) is 59.5. The van der Waals surface area contributed by atoms with Gasteiger partial charge in [0.2, 0.25) is 0 Å². The van der Waals surface area contributed by atoms with E-state index in [-0.39, 0.29) is 0 Å². The van der Waals surface area contributed by atoms with Crippen molar-refractivity contribution in [3.8, 4) is 0 Å². The van der Waals surface area contributed by atoms with Gasteiger partial charge in [0, 0.05) is 0 Å². The van der Waals surface area contributed by atoms with E-state index in [0.29, 0.717) is 0 Å². The molecule has 74 valence electrons. The molecule has 4 saturated carbocycles. The Balaban J connectivity index is 1.80. The van der Waals surface area contributed by atoms with Crippen LogP contribution in [0.15, 0.2) is 0 Å². The second kappa shape index (κ2) is 2.52. The quantitative estimate of drug-likeness (QED) is 0.572. The lowest BCUT2D eigenvalue weighted by atomic mass is 9.41. The minimum atomic E-state index is 0.848. The summed E-state index contributed by atoms with van der Waals surface area (Å²) in [7, 11) is 0. The van der Waals surface area contributed by atoms with Crippen molar-refractivity contribution in [2.24, 2.45) is 29.1 Å². The zero-order valence-electron chi connectivity index (χ0n) is 9.05. The number of hydrogen-bond acceptors (Lipinski definition) is 0. The first-order chi connectivity index (χ1) is 6.22. The van der Waals surface area contributed by atoms with Gasteiger partial charge in [0.25, 0.3) is 0 Å². The number of fused-ring (bicyclic) bond motifs is 2. The highest BCUT2D eigenvalue weighted by Crippen LogP contribution is 2.67. The van der Waals surface area contributed by atoms with Crippen molar-refractivity contribution in [2.75, 3.05) is 0 Å². The summed E-state index contributed by atoms with van der Waals surface area (Å²) in [6.07, 6.45) is 9.35. The largest absolute Gasteiger partial charge is 0.0622 e. The Morgan fingerprint density at radius 1 is 0.923 bits per heavy atom. The van der Waals surface area contributed by atoms with E-state index in [1.165, 1.54) is 12.8 Å². The summed E-state index contributed by atoms with van der Waals surface area (Å²) in [4.78, 5) is 0. The van der Waals surface area contributed by atoms with Gasteiger partial charge in [0.15, 0.2) is 0 Å². The lowest BCUT2D eigenvalue weighted by Crippen LogP contribution is -2.55. The van der Waals surface area contributed by atoms with Gasteiger partial charge in [-0.25, -0.2) is 0 Å². The van der Waals surface area contributed by atoms with Gasteiger partial charge in [-0.15, -0.1) is 0 Å². The molecule has 3 atom stereocenters. The van der Waals surface area contributed by atoms with Gasteiger partial charge in [-0.1, -0.05) is 26.7 Å². The summed E-state index contributed by atoms with van der Waals surface area (Å²) in [5.74, 6) is 4.37. The van der Waals surface area contributed by atoms with Crippen molar-refractivity contribution in [1.29, 1.82) is 0 Å². The minimum absolute atomic E-state index is 0.848. The van der Waals surface area contributed by atoms with Gasteiger partial charge in [-0.3, -0.25) is 0 Å². The maximum Gasteiger partial charge on any atom is -0.0236 e. The summed E-state index contributed by atoms with van der Waals surface area (Å²) >= 11 is 0. The topological polar surface area (TPSA) is 0 Å². The molecule has 0 aromatic heterocycles. The minimum Gasteiger partial charge on any atom is -0.0622 e. The second-order valence-electron chi connectivity index (χ2n) is 6.15. The Hall–Kier alpha value is 0. The summed E-state index contributed by atoms with van der Waals surface area (Å²) < 4.78 is 0. The second-order valence-corrected chi connectivity index (χ2v) is 6.15. The summed E-state index contributed by atoms with van der Waals surface area (Å²) in [6.45, 7) is 5.01. The van der Waals surface area contributed by atoms with Gasteiger partial charge < -0.3 is 0 Å². The Kier molecular flexibility index (Phi) is 1.61. The van der Waals surface area contributed by atoms with Gasteiger partial charge >= 0.3 is 0 Å². The van der Waals surface area contributed by atoms with Gasteiger partial charge in [0.1, 0.15) is 0 Å². The maximum absolute atomic E-state index is 2.53. The van der Waals surface area contributed by atoms with Crippen LogP contribution in [0.4, 0.5) is 0 Å². The van der Waals surface area contributed by atoms with E-state index in [1.54, 1.807) is 25.7 Å². The van der Waals surface area contributed by atoms with E-state index in [9.17, 15) is 0 Å². The fourth-order valence-corrected chi connectivity index (χ4v) is 4.58. The standard InChI is InChI=1S/C13H22/c1-9-3-6-12(9)13-7-11(8-13)5-4-10(13)2/h9-12H,3-8H2,1-2H3. The van der Waals surface area contributed by atoms with Crippen LogP contribution in [0, 0.1) is 29.1 Å². The maximum atomic E-state index is 2.53. The molecule has 0 aromatic carbocycles. The number of rotatable bonds is 1. The molecule has 0 spiro atoms. The fourth-order valence-electron chi connectivity index (χ4n) is 4.58. The highest BCUT2D eigenvalue weighted by Gasteiger charge is 2.57. The zero-order chi connectivity index (χ0) is 9.05. The molecule has 13 heavy (non-hydrogen) atoms. The van der Waals surface area contributed by atoms with Crippen molar-refractivity contribution in [1.82, 2.24) is 0 Å². The van der Waals surface area contributed by atoms with E-state index >= 15 is 0 Å². The highest BCUT2D eigenvalue weighted by molar-refractivity contribution is 5.07. The molecular weight excluding hydrogens is 156 g/mol. The van der Waals surface area contributed by atoms with Crippen LogP contribution in [-0.2, 0) is 0 Å². The number of hydrogen-bond donors (Lipinski definition) is 0. The molecular formula is C13H22. The molecule has 0 nitrogen and oxygen atoms in total. The van der Waals surface area contributed by atoms with Crippen LogP contribution in [0.25, 0.3) is 0 Å². The van der Waals surface area contributed by atoms with Crippen LogP contribution in [0.1, 0.15) is 52.4 Å². The summed E-state index contributed by atoms with van der Waals surface area (Å²) in [5, 5.41) is 0. The van der Waals surface area contributed by atoms with Crippen LogP contribution in [0.2, 0.25) is 0 Å². The van der Waals surface area contributed by atoms with E-state index in [1.807, 2.05) is 0 Å². The average Bonchev–Trinajstić information content (AvgIpc) is 2.04. The third-order valence-electron chi connectivity index (χ3n) is 5.69. The van der Waals surface area contributed by atoms with Crippen molar-refractivity contribution >= 4 is 0 Å². The molecule has 0 amide bonds. The molecule has 4 aliphatic rings. The lowest BCUT2D eigenvalue weighted by Gasteiger charge is -2.64. The Morgan fingerprint density at radius 3 is 2.15 bits per heavy atom. The molecule has 2 bridgehead atoms. The molecule has 3 unspecified atom stereocenters. The lowest BCUT2D eigenvalue weighted by molar-refractivity contribution is -0.145.